The molecule has 0 atom stereocenters. The Bertz CT molecular complexity index is 859. The average Bonchev–Trinajstić information content (AvgIpc) is 3.01. The molecular formula is C16H9F3N4. The zero-order valence-electron chi connectivity index (χ0n) is 11.6. The number of alkyl halides is 3. The summed E-state index contributed by atoms with van der Waals surface area (Å²) in [6, 6.07) is 12.4. The molecule has 0 aliphatic heterocycles. The highest BCUT2D eigenvalue weighted by atomic mass is 19.4. The van der Waals surface area contributed by atoms with Crippen molar-refractivity contribution in [1.29, 1.82) is 5.26 Å². The largest absolute Gasteiger partial charge is 0.435 e. The van der Waals surface area contributed by atoms with Gasteiger partial charge in [0.05, 0.1) is 23.0 Å². The van der Waals surface area contributed by atoms with Gasteiger partial charge in [-0.1, -0.05) is 0 Å². The molecule has 0 unspecified atom stereocenters. The van der Waals surface area contributed by atoms with Gasteiger partial charge in [0.2, 0.25) is 0 Å². The summed E-state index contributed by atoms with van der Waals surface area (Å²) in [7, 11) is 0. The molecule has 1 aromatic carbocycles. The van der Waals surface area contributed by atoms with Gasteiger partial charge in [-0.15, -0.1) is 0 Å². The summed E-state index contributed by atoms with van der Waals surface area (Å²) in [4.78, 5) is 3.93. The average molecular weight is 314 g/mol. The third-order valence-corrected chi connectivity index (χ3v) is 3.20. The van der Waals surface area contributed by atoms with Crippen molar-refractivity contribution in [3.05, 3.63) is 66.1 Å². The van der Waals surface area contributed by atoms with Crippen molar-refractivity contribution in [2.75, 3.05) is 0 Å². The van der Waals surface area contributed by atoms with Crippen molar-refractivity contribution in [1.82, 2.24) is 14.8 Å². The van der Waals surface area contributed by atoms with Crippen LogP contribution in [-0.4, -0.2) is 14.8 Å². The predicted molar refractivity (Wildman–Crippen MR) is 76.5 cm³/mol. The number of aromatic nitrogens is 3. The zero-order chi connectivity index (χ0) is 16.4. The van der Waals surface area contributed by atoms with E-state index in [1.807, 2.05) is 6.07 Å². The smallest absolute Gasteiger partial charge is 0.264 e. The summed E-state index contributed by atoms with van der Waals surface area (Å²) in [5.74, 6) is 0. The maximum absolute atomic E-state index is 13.0. The molecule has 3 rings (SSSR count). The van der Waals surface area contributed by atoms with Gasteiger partial charge in [-0.2, -0.15) is 23.5 Å². The number of pyridine rings is 1. The standard InChI is InChI=1S/C16H9F3N4/c17-16(18,19)15-8-14(12-2-1-7-21-10-12)23(22-15)13-5-3-11(9-20)4-6-13/h1-8,10H. The monoisotopic (exact) mass is 314 g/mol. The summed E-state index contributed by atoms with van der Waals surface area (Å²) in [5.41, 5.74) is 0.647. The van der Waals surface area contributed by atoms with Crippen LogP contribution in [0.4, 0.5) is 13.2 Å². The molecule has 0 amide bonds. The number of benzene rings is 1. The van der Waals surface area contributed by atoms with E-state index >= 15 is 0 Å². The maximum atomic E-state index is 13.0. The minimum atomic E-state index is -4.55. The molecule has 23 heavy (non-hydrogen) atoms. The maximum Gasteiger partial charge on any atom is 0.435 e. The topological polar surface area (TPSA) is 54.5 Å². The highest BCUT2D eigenvalue weighted by Crippen LogP contribution is 2.32. The first-order chi connectivity index (χ1) is 11.0. The van der Waals surface area contributed by atoms with Crippen molar-refractivity contribution in [3.8, 4) is 23.0 Å². The number of nitrogens with zero attached hydrogens (tertiary/aromatic N) is 4. The van der Waals surface area contributed by atoms with Crippen LogP contribution in [0.25, 0.3) is 16.9 Å². The Labute approximate surface area is 129 Å². The van der Waals surface area contributed by atoms with Gasteiger partial charge in [0.25, 0.3) is 0 Å². The molecule has 3 aromatic rings. The molecule has 2 heterocycles. The van der Waals surface area contributed by atoms with Crippen molar-refractivity contribution < 1.29 is 13.2 Å². The molecule has 0 aliphatic carbocycles. The molecule has 0 saturated carbocycles. The van der Waals surface area contributed by atoms with E-state index in [1.54, 1.807) is 24.3 Å². The van der Waals surface area contributed by atoms with Gasteiger partial charge in [-0.3, -0.25) is 4.98 Å². The molecule has 7 heteroatoms. The molecule has 0 spiro atoms. The lowest BCUT2D eigenvalue weighted by atomic mass is 10.2. The van der Waals surface area contributed by atoms with Gasteiger partial charge in [-0.05, 0) is 42.5 Å². The molecule has 0 saturated heterocycles. The molecule has 0 fully saturated rings. The normalized spacial score (nSPS) is 11.2. The summed E-state index contributed by atoms with van der Waals surface area (Å²) in [6.07, 6.45) is -1.54. The summed E-state index contributed by atoms with van der Waals surface area (Å²) < 4.78 is 40.2. The van der Waals surface area contributed by atoms with E-state index in [2.05, 4.69) is 10.1 Å². The molecule has 4 nitrogen and oxygen atoms in total. The van der Waals surface area contributed by atoms with Crippen LogP contribution in [-0.2, 0) is 6.18 Å². The van der Waals surface area contributed by atoms with Crippen LogP contribution in [0, 0.1) is 11.3 Å². The second-order valence-electron chi connectivity index (χ2n) is 4.72. The highest BCUT2D eigenvalue weighted by Gasteiger charge is 2.35. The number of nitriles is 1. The van der Waals surface area contributed by atoms with Crippen LogP contribution < -0.4 is 0 Å². The Balaban J connectivity index is 2.18. The zero-order valence-corrected chi connectivity index (χ0v) is 11.6. The second-order valence-corrected chi connectivity index (χ2v) is 4.72. The van der Waals surface area contributed by atoms with Gasteiger partial charge < -0.3 is 0 Å². The summed E-state index contributed by atoms with van der Waals surface area (Å²) in [5, 5.41) is 12.5. The lowest BCUT2D eigenvalue weighted by molar-refractivity contribution is -0.141. The number of hydrogen-bond acceptors (Lipinski definition) is 3. The van der Waals surface area contributed by atoms with Gasteiger partial charge in [0, 0.05) is 18.0 Å². The Morgan fingerprint density at radius 2 is 1.83 bits per heavy atom. The van der Waals surface area contributed by atoms with Gasteiger partial charge >= 0.3 is 6.18 Å². The van der Waals surface area contributed by atoms with E-state index in [-0.39, 0.29) is 5.69 Å². The van der Waals surface area contributed by atoms with E-state index in [0.29, 0.717) is 16.8 Å². The van der Waals surface area contributed by atoms with Crippen LogP contribution in [0.1, 0.15) is 11.3 Å². The number of halogens is 3. The second kappa shape index (κ2) is 5.57. The number of hydrogen-bond donors (Lipinski definition) is 0. The minimum Gasteiger partial charge on any atom is -0.264 e. The predicted octanol–water partition coefficient (Wildman–Crippen LogP) is 3.82. The van der Waals surface area contributed by atoms with Crippen LogP contribution in [0.3, 0.4) is 0 Å². The van der Waals surface area contributed by atoms with Gasteiger partial charge in [0.1, 0.15) is 0 Å². The lowest BCUT2D eigenvalue weighted by Crippen LogP contribution is -2.07. The van der Waals surface area contributed by atoms with E-state index in [0.717, 1.165) is 6.07 Å². The molecule has 0 aliphatic rings. The van der Waals surface area contributed by atoms with Crippen LogP contribution in [0.2, 0.25) is 0 Å². The van der Waals surface area contributed by atoms with Crippen LogP contribution in [0.15, 0.2) is 54.9 Å². The van der Waals surface area contributed by atoms with Crippen molar-refractivity contribution in [2.24, 2.45) is 0 Å². The van der Waals surface area contributed by atoms with E-state index < -0.39 is 11.9 Å². The highest BCUT2D eigenvalue weighted by molar-refractivity contribution is 5.62. The number of rotatable bonds is 2. The van der Waals surface area contributed by atoms with Crippen LogP contribution >= 0.6 is 0 Å². The Morgan fingerprint density at radius 1 is 1.09 bits per heavy atom. The third kappa shape index (κ3) is 2.92. The van der Waals surface area contributed by atoms with E-state index in [4.69, 9.17) is 5.26 Å². The summed E-state index contributed by atoms with van der Waals surface area (Å²) in [6.45, 7) is 0. The Morgan fingerprint density at radius 3 is 2.39 bits per heavy atom. The van der Waals surface area contributed by atoms with Crippen molar-refractivity contribution in [3.63, 3.8) is 0 Å². The first-order valence-corrected chi connectivity index (χ1v) is 6.57. The molecule has 114 valence electrons. The fourth-order valence-corrected chi connectivity index (χ4v) is 2.11. The fourth-order valence-electron chi connectivity index (χ4n) is 2.11. The van der Waals surface area contributed by atoms with Crippen molar-refractivity contribution >= 4 is 0 Å². The molecule has 0 bridgehead atoms. The summed E-state index contributed by atoms with van der Waals surface area (Å²) >= 11 is 0. The first kappa shape index (κ1) is 14.8. The molecule has 2 aromatic heterocycles. The SMILES string of the molecule is N#Cc1ccc(-n2nc(C(F)(F)F)cc2-c2cccnc2)cc1. The molecule has 0 radical (unpaired) electrons. The van der Waals surface area contributed by atoms with E-state index in [1.165, 1.54) is 29.2 Å². The molecular weight excluding hydrogens is 305 g/mol. The lowest BCUT2D eigenvalue weighted by Gasteiger charge is -2.07. The molecule has 0 N–H and O–H groups in total. The Kier molecular flexibility index (Phi) is 3.58. The quantitative estimate of drug-likeness (QED) is 0.722. The van der Waals surface area contributed by atoms with Gasteiger partial charge in [-0.25, -0.2) is 4.68 Å². The van der Waals surface area contributed by atoms with Crippen LogP contribution in [0.5, 0.6) is 0 Å². The minimum absolute atomic E-state index is 0.273. The first-order valence-electron chi connectivity index (χ1n) is 6.57. The van der Waals surface area contributed by atoms with Gasteiger partial charge in [0.15, 0.2) is 5.69 Å². The van der Waals surface area contributed by atoms with Crippen molar-refractivity contribution in [2.45, 2.75) is 6.18 Å². The Hall–Kier alpha value is -3.14. The van der Waals surface area contributed by atoms with E-state index in [9.17, 15) is 13.2 Å². The third-order valence-electron chi connectivity index (χ3n) is 3.20. The fraction of sp³-hybridized carbons (Fsp3) is 0.0625.